The molecule has 0 radical (unpaired) electrons. The molecular formula is C19H31FN4O2. The second-order valence-electron chi connectivity index (χ2n) is 6.13. The highest BCUT2D eigenvalue weighted by molar-refractivity contribution is 5.81. The molecule has 1 aromatic carbocycles. The van der Waals surface area contributed by atoms with Crippen LogP contribution in [-0.4, -0.2) is 43.6 Å². The standard InChI is InChI=1S/C19H31FN4O2/c1-5-14(3)24-18(25)11-12-22-19(21-6-2)23-13-15(4)26-17-10-8-7-9-16(17)20/h7-10,14-15H,5-6,11-13H2,1-4H3,(H,24,25)(H2,21,22,23). The molecule has 6 nitrogen and oxygen atoms in total. The molecule has 0 fully saturated rings. The van der Waals surface area contributed by atoms with Crippen molar-refractivity contribution in [3.63, 3.8) is 0 Å². The number of guanidine groups is 1. The summed E-state index contributed by atoms with van der Waals surface area (Å²) in [6.45, 7) is 9.36. The van der Waals surface area contributed by atoms with Crippen molar-refractivity contribution in [2.75, 3.05) is 19.6 Å². The molecule has 0 saturated carbocycles. The maximum absolute atomic E-state index is 13.6. The zero-order chi connectivity index (χ0) is 19.4. The fraction of sp³-hybridized carbons (Fsp3) is 0.579. The predicted molar refractivity (Wildman–Crippen MR) is 103 cm³/mol. The summed E-state index contributed by atoms with van der Waals surface area (Å²) < 4.78 is 19.2. The van der Waals surface area contributed by atoms with Gasteiger partial charge in [0.15, 0.2) is 17.5 Å². The van der Waals surface area contributed by atoms with Crippen LogP contribution >= 0.6 is 0 Å². The number of para-hydroxylation sites is 1. The molecule has 1 amide bonds. The molecule has 0 aliphatic heterocycles. The Kier molecular flexibility index (Phi) is 10.1. The monoisotopic (exact) mass is 366 g/mol. The van der Waals surface area contributed by atoms with Gasteiger partial charge in [0, 0.05) is 25.6 Å². The average molecular weight is 366 g/mol. The number of amides is 1. The number of ether oxygens (including phenoxy) is 1. The molecule has 1 aromatic rings. The molecule has 0 saturated heterocycles. The molecule has 0 aliphatic rings. The number of carbonyl (C=O) groups is 1. The van der Waals surface area contributed by atoms with Gasteiger partial charge in [-0.25, -0.2) is 9.38 Å². The summed E-state index contributed by atoms with van der Waals surface area (Å²) in [5, 5.41) is 9.16. The first-order chi connectivity index (χ1) is 12.5. The van der Waals surface area contributed by atoms with Crippen molar-refractivity contribution >= 4 is 11.9 Å². The van der Waals surface area contributed by atoms with E-state index < -0.39 is 0 Å². The summed E-state index contributed by atoms with van der Waals surface area (Å²) in [4.78, 5) is 16.2. The van der Waals surface area contributed by atoms with Gasteiger partial charge in [-0.05, 0) is 39.3 Å². The fourth-order valence-electron chi connectivity index (χ4n) is 2.10. The van der Waals surface area contributed by atoms with Crippen LogP contribution in [0.1, 0.15) is 40.5 Å². The molecule has 1 rings (SSSR count). The quantitative estimate of drug-likeness (QED) is 0.439. The van der Waals surface area contributed by atoms with Gasteiger partial charge in [-0.2, -0.15) is 0 Å². The lowest BCUT2D eigenvalue weighted by Gasteiger charge is -2.16. The van der Waals surface area contributed by atoms with E-state index in [1.165, 1.54) is 6.07 Å². The zero-order valence-corrected chi connectivity index (χ0v) is 16.1. The second kappa shape index (κ2) is 12.1. The first kappa shape index (κ1) is 21.7. The van der Waals surface area contributed by atoms with E-state index >= 15 is 0 Å². The van der Waals surface area contributed by atoms with Crippen LogP contribution in [0.4, 0.5) is 4.39 Å². The molecule has 2 atom stereocenters. The van der Waals surface area contributed by atoms with E-state index in [0.29, 0.717) is 32.0 Å². The molecule has 0 bridgehead atoms. The minimum Gasteiger partial charge on any atom is -0.486 e. The van der Waals surface area contributed by atoms with Crippen molar-refractivity contribution in [3.8, 4) is 5.75 Å². The van der Waals surface area contributed by atoms with Crippen molar-refractivity contribution in [1.82, 2.24) is 16.0 Å². The van der Waals surface area contributed by atoms with E-state index in [2.05, 4.69) is 20.9 Å². The third kappa shape index (κ3) is 8.69. The maximum atomic E-state index is 13.6. The minimum atomic E-state index is -0.388. The summed E-state index contributed by atoms with van der Waals surface area (Å²) in [5.74, 6) is 0.447. The third-order valence-corrected chi connectivity index (χ3v) is 3.68. The molecule has 3 N–H and O–H groups in total. The summed E-state index contributed by atoms with van der Waals surface area (Å²) >= 11 is 0. The van der Waals surface area contributed by atoms with Crippen LogP contribution in [0.2, 0.25) is 0 Å². The van der Waals surface area contributed by atoms with Gasteiger partial charge < -0.3 is 20.7 Å². The van der Waals surface area contributed by atoms with Crippen molar-refractivity contribution in [3.05, 3.63) is 30.1 Å². The predicted octanol–water partition coefficient (Wildman–Crippen LogP) is 2.45. The smallest absolute Gasteiger partial charge is 0.221 e. The lowest BCUT2D eigenvalue weighted by atomic mass is 10.2. The molecule has 146 valence electrons. The summed E-state index contributed by atoms with van der Waals surface area (Å²) in [6, 6.07) is 6.48. The lowest BCUT2D eigenvalue weighted by molar-refractivity contribution is -0.121. The first-order valence-corrected chi connectivity index (χ1v) is 9.18. The van der Waals surface area contributed by atoms with E-state index in [1.54, 1.807) is 18.2 Å². The molecular weight excluding hydrogens is 335 g/mol. The largest absolute Gasteiger partial charge is 0.486 e. The van der Waals surface area contributed by atoms with Crippen LogP contribution in [0.3, 0.4) is 0 Å². The molecule has 0 heterocycles. The molecule has 0 spiro atoms. The van der Waals surface area contributed by atoms with Gasteiger partial charge in [0.2, 0.25) is 5.91 Å². The Morgan fingerprint density at radius 3 is 2.62 bits per heavy atom. The van der Waals surface area contributed by atoms with Gasteiger partial charge in [-0.15, -0.1) is 0 Å². The van der Waals surface area contributed by atoms with E-state index in [9.17, 15) is 9.18 Å². The Balaban J connectivity index is 2.44. The summed E-state index contributed by atoms with van der Waals surface area (Å²) in [5.41, 5.74) is 0. The Morgan fingerprint density at radius 2 is 1.96 bits per heavy atom. The number of aliphatic imine (C=N–C) groups is 1. The Bertz CT molecular complexity index is 580. The van der Waals surface area contributed by atoms with Gasteiger partial charge in [-0.3, -0.25) is 4.79 Å². The first-order valence-electron chi connectivity index (χ1n) is 9.18. The van der Waals surface area contributed by atoms with Crippen LogP contribution in [0.5, 0.6) is 5.75 Å². The highest BCUT2D eigenvalue weighted by Crippen LogP contribution is 2.16. The number of nitrogens with one attached hydrogen (secondary N) is 3. The van der Waals surface area contributed by atoms with E-state index in [4.69, 9.17) is 4.74 Å². The van der Waals surface area contributed by atoms with E-state index in [0.717, 1.165) is 6.42 Å². The van der Waals surface area contributed by atoms with Crippen LogP contribution in [0, 0.1) is 5.82 Å². The number of rotatable bonds is 10. The summed E-state index contributed by atoms with van der Waals surface area (Å²) in [7, 11) is 0. The highest BCUT2D eigenvalue weighted by atomic mass is 19.1. The number of benzene rings is 1. The van der Waals surface area contributed by atoms with E-state index in [-0.39, 0.29) is 29.6 Å². The van der Waals surface area contributed by atoms with Gasteiger partial charge >= 0.3 is 0 Å². The molecule has 7 heteroatoms. The van der Waals surface area contributed by atoms with Gasteiger partial charge in [0.1, 0.15) is 6.10 Å². The van der Waals surface area contributed by atoms with Gasteiger partial charge in [0.25, 0.3) is 0 Å². The normalized spacial score (nSPS) is 13.7. The topological polar surface area (TPSA) is 74.8 Å². The number of nitrogens with zero attached hydrogens (tertiary/aromatic N) is 1. The zero-order valence-electron chi connectivity index (χ0n) is 16.1. The van der Waals surface area contributed by atoms with Crippen LogP contribution in [0.15, 0.2) is 29.3 Å². The number of hydrogen-bond donors (Lipinski definition) is 3. The molecule has 0 aromatic heterocycles. The van der Waals surface area contributed by atoms with Crippen molar-refractivity contribution in [2.24, 2.45) is 4.99 Å². The SMILES string of the molecule is CCNC(=NCC(C)Oc1ccccc1F)NCCC(=O)NC(C)CC. The fourth-order valence-corrected chi connectivity index (χ4v) is 2.10. The number of carbonyl (C=O) groups excluding carboxylic acids is 1. The molecule has 2 unspecified atom stereocenters. The summed E-state index contributed by atoms with van der Waals surface area (Å²) in [6.07, 6.45) is 0.996. The minimum absolute atomic E-state index is 0.0129. The van der Waals surface area contributed by atoms with Crippen LogP contribution in [-0.2, 0) is 4.79 Å². The van der Waals surface area contributed by atoms with Crippen LogP contribution < -0.4 is 20.7 Å². The van der Waals surface area contributed by atoms with Crippen molar-refractivity contribution < 1.29 is 13.9 Å². The average Bonchev–Trinajstić information content (AvgIpc) is 2.61. The van der Waals surface area contributed by atoms with Crippen molar-refractivity contribution in [2.45, 2.75) is 52.7 Å². The van der Waals surface area contributed by atoms with Crippen LogP contribution in [0.25, 0.3) is 0 Å². The second-order valence-corrected chi connectivity index (χ2v) is 6.13. The lowest BCUT2D eigenvalue weighted by Crippen LogP contribution is -2.40. The maximum Gasteiger partial charge on any atom is 0.221 e. The van der Waals surface area contributed by atoms with Crippen molar-refractivity contribution in [1.29, 1.82) is 0 Å². The van der Waals surface area contributed by atoms with Gasteiger partial charge in [0.05, 0.1) is 6.54 Å². The highest BCUT2D eigenvalue weighted by Gasteiger charge is 2.09. The number of halogens is 1. The Morgan fingerprint density at radius 1 is 1.23 bits per heavy atom. The Hall–Kier alpha value is -2.31. The van der Waals surface area contributed by atoms with Gasteiger partial charge in [-0.1, -0.05) is 19.1 Å². The Labute approximate surface area is 155 Å². The number of hydrogen-bond acceptors (Lipinski definition) is 3. The molecule has 26 heavy (non-hydrogen) atoms. The van der Waals surface area contributed by atoms with E-state index in [1.807, 2.05) is 27.7 Å². The molecule has 0 aliphatic carbocycles. The third-order valence-electron chi connectivity index (χ3n) is 3.68.